The second-order valence-electron chi connectivity index (χ2n) is 6.96. The van der Waals surface area contributed by atoms with Crippen LogP contribution >= 0.6 is 22.6 Å². The first-order valence-electron chi connectivity index (χ1n) is 8.19. The molecule has 0 heterocycles. The van der Waals surface area contributed by atoms with E-state index in [0.29, 0.717) is 11.3 Å². The van der Waals surface area contributed by atoms with Crippen molar-refractivity contribution in [2.24, 2.45) is 0 Å². The molecule has 0 bridgehead atoms. The van der Waals surface area contributed by atoms with Gasteiger partial charge >= 0.3 is 12.1 Å². The smallest absolute Gasteiger partial charge is 0.410 e. The molecule has 0 spiro atoms. The van der Waals surface area contributed by atoms with Crippen molar-refractivity contribution in [1.29, 1.82) is 0 Å². The number of methoxy groups -OCH3 is 1. The van der Waals surface area contributed by atoms with Gasteiger partial charge in [0.05, 0.1) is 10.7 Å². The van der Waals surface area contributed by atoms with Gasteiger partial charge in [-0.1, -0.05) is 6.07 Å². The van der Waals surface area contributed by atoms with E-state index in [0.717, 1.165) is 8.47 Å². The molecule has 0 aliphatic heterocycles. The van der Waals surface area contributed by atoms with Gasteiger partial charge in [0, 0.05) is 7.05 Å². The van der Waals surface area contributed by atoms with Crippen molar-refractivity contribution < 1.29 is 29.0 Å². The van der Waals surface area contributed by atoms with Gasteiger partial charge in [0.15, 0.2) is 0 Å². The fourth-order valence-electron chi connectivity index (χ4n) is 2.20. The second kappa shape index (κ2) is 9.25. The maximum absolute atomic E-state index is 12.8. The lowest BCUT2D eigenvalue weighted by atomic mass is 10.0. The van der Waals surface area contributed by atoms with Crippen LogP contribution in [-0.2, 0) is 14.3 Å². The summed E-state index contributed by atoms with van der Waals surface area (Å²) < 4.78 is 11.3. The van der Waals surface area contributed by atoms with Gasteiger partial charge in [-0.2, -0.15) is 0 Å². The molecule has 2 amide bonds. The van der Waals surface area contributed by atoms with Crippen LogP contribution in [0.3, 0.4) is 0 Å². The Hall–Kier alpha value is -2.04. The molecule has 1 aromatic rings. The minimum atomic E-state index is -1.17. The number of nitrogens with one attached hydrogen (secondary N) is 1. The first-order valence-corrected chi connectivity index (χ1v) is 9.27. The van der Waals surface area contributed by atoms with Crippen molar-refractivity contribution in [2.75, 3.05) is 14.2 Å². The summed E-state index contributed by atoms with van der Waals surface area (Å²) in [5, 5.41) is 11.5. The van der Waals surface area contributed by atoms with Crippen LogP contribution in [-0.4, -0.2) is 53.8 Å². The van der Waals surface area contributed by atoms with Crippen LogP contribution in [0.4, 0.5) is 4.79 Å². The third-order valence-electron chi connectivity index (χ3n) is 3.54. The Bertz CT molecular complexity index is 716. The normalized spacial score (nSPS) is 13.3. The van der Waals surface area contributed by atoms with Gasteiger partial charge in [-0.05, 0) is 68.0 Å². The van der Waals surface area contributed by atoms with Gasteiger partial charge < -0.3 is 19.9 Å². The van der Waals surface area contributed by atoms with Crippen LogP contribution in [0.5, 0.6) is 5.75 Å². The van der Waals surface area contributed by atoms with E-state index in [-0.39, 0.29) is 0 Å². The molecule has 0 aliphatic rings. The first kappa shape index (κ1) is 23.0. The number of hydrogen-bond donors (Lipinski definition) is 2. The molecule has 9 heteroatoms. The molecule has 2 atom stereocenters. The number of nitrogens with zero attached hydrogens (tertiary/aromatic N) is 1. The van der Waals surface area contributed by atoms with Crippen LogP contribution in [0, 0.1) is 3.57 Å². The van der Waals surface area contributed by atoms with Crippen LogP contribution in [0.2, 0.25) is 0 Å². The SMILES string of the molecule is COc1ccc(C(C(=O)NC(C)C(=O)O)N(C)C(=O)OC(C)(C)C)cc1I. The summed E-state index contributed by atoms with van der Waals surface area (Å²) in [5.74, 6) is -1.18. The number of hydrogen-bond acceptors (Lipinski definition) is 5. The predicted octanol–water partition coefficient (Wildman–Crippen LogP) is 2.80. The Kier molecular flexibility index (Phi) is 7.88. The Labute approximate surface area is 172 Å². The highest BCUT2D eigenvalue weighted by Crippen LogP contribution is 2.28. The van der Waals surface area contributed by atoms with Crippen molar-refractivity contribution in [2.45, 2.75) is 45.4 Å². The lowest BCUT2D eigenvalue weighted by molar-refractivity contribution is -0.142. The van der Waals surface area contributed by atoms with Gasteiger partial charge in [-0.15, -0.1) is 0 Å². The molecule has 150 valence electrons. The summed E-state index contributed by atoms with van der Waals surface area (Å²) in [6.45, 7) is 6.51. The predicted molar refractivity (Wildman–Crippen MR) is 108 cm³/mol. The molecule has 27 heavy (non-hydrogen) atoms. The van der Waals surface area contributed by atoms with E-state index in [2.05, 4.69) is 27.9 Å². The number of rotatable bonds is 6. The number of halogens is 1. The van der Waals surface area contributed by atoms with E-state index in [4.69, 9.17) is 14.6 Å². The average molecular weight is 492 g/mol. The minimum Gasteiger partial charge on any atom is -0.496 e. The molecule has 0 aromatic heterocycles. The third kappa shape index (κ3) is 6.56. The lowest BCUT2D eigenvalue weighted by Gasteiger charge is -2.31. The van der Waals surface area contributed by atoms with E-state index in [1.807, 2.05) is 0 Å². The molecule has 8 nitrogen and oxygen atoms in total. The fourth-order valence-corrected chi connectivity index (χ4v) is 2.96. The highest BCUT2D eigenvalue weighted by atomic mass is 127. The summed E-state index contributed by atoms with van der Waals surface area (Å²) in [7, 11) is 2.96. The van der Waals surface area contributed by atoms with Crippen LogP contribution < -0.4 is 10.1 Å². The summed E-state index contributed by atoms with van der Waals surface area (Å²) in [5.41, 5.74) is -0.238. The second-order valence-corrected chi connectivity index (χ2v) is 8.12. The lowest BCUT2D eigenvalue weighted by Crippen LogP contribution is -2.47. The number of benzene rings is 1. The van der Waals surface area contributed by atoms with E-state index >= 15 is 0 Å². The molecule has 0 aliphatic carbocycles. The molecular formula is C18H25IN2O6. The summed E-state index contributed by atoms with van der Waals surface area (Å²) >= 11 is 2.06. The number of amides is 2. The number of likely N-dealkylation sites (N-methyl/N-ethyl adjacent to an activating group) is 1. The molecule has 2 N–H and O–H groups in total. The molecule has 0 radical (unpaired) electrons. The monoisotopic (exact) mass is 492 g/mol. The van der Waals surface area contributed by atoms with Crippen molar-refractivity contribution in [3.8, 4) is 5.75 Å². The zero-order valence-electron chi connectivity index (χ0n) is 16.2. The maximum Gasteiger partial charge on any atom is 0.410 e. The van der Waals surface area contributed by atoms with Gasteiger partial charge in [-0.3, -0.25) is 14.5 Å². The topological polar surface area (TPSA) is 105 Å². The van der Waals surface area contributed by atoms with Gasteiger partial charge in [0.1, 0.15) is 23.4 Å². The fraction of sp³-hybridized carbons (Fsp3) is 0.500. The van der Waals surface area contributed by atoms with Crippen LogP contribution in [0.25, 0.3) is 0 Å². The van der Waals surface area contributed by atoms with E-state index in [9.17, 15) is 14.4 Å². The third-order valence-corrected chi connectivity index (χ3v) is 4.38. The Morgan fingerprint density at radius 2 is 1.85 bits per heavy atom. The summed E-state index contributed by atoms with van der Waals surface area (Å²) in [4.78, 5) is 37.5. The zero-order chi connectivity index (χ0) is 20.9. The van der Waals surface area contributed by atoms with Crippen LogP contribution in [0.1, 0.15) is 39.3 Å². The summed E-state index contributed by atoms with van der Waals surface area (Å²) in [6.07, 6.45) is -0.698. The van der Waals surface area contributed by atoms with Crippen molar-refractivity contribution in [1.82, 2.24) is 10.2 Å². The maximum atomic E-state index is 12.8. The number of carboxylic acids is 1. The largest absolute Gasteiger partial charge is 0.496 e. The molecular weight excluding hydrogens is 467 g/mol. The van der Waals surface area contributed by atoms with Gasteiger partial charge in [0.2, 0.25) is 5.91 Å². The Balaban J connectivity index is 3.27. The molecule has 0 saturated heterocycles. The molecule has 0 fully saturated rings. The quantitative estimate of drug-likeness (QED) is 0.592. The first-order chi connectivity index (χ1) is 12.4. The van der Waals surface area contributed by atoms with E-state index in [1.54, 1.807) is 39.0 Å². The minimum absolute atomic E-state index is 0.503. The number of carbonyl (C=O) groups is 3. The summed E-state index contributed by atoms with van der Waals surface area (Å²) in [6, 6.07) is 2.86. The Morgan fingerprint density at radius 3 is 2.30 bits per heavy atom. The molecule has 1 aromatic carbocycles. The standard InChI is InChI=1S/C18H25IN2O6/c1-10(16(23)24)20-15(22)14(21(5)17(25)27-18(2,3)4)11-7-8-13(26-6)12(19)9-11/h7-10,14H,1-6H3,(H,20,22)(H,23,24). The van der Waals surface area contributed by atoms with Crippen molar-refractivity contribution in [3.05, 3.63) is 27.3 Å². The van der Waals surface area contributed by atoms with Gasteiger partial charge in [-0.25, -0.2) is 4.79 Å². The molecule has 1 rings (SSSR count). The number of carbonyl (C=O) groups excluding carboxylic acids is 2. The Morgan fingerprint density at radius 1 is 1.26 bits per heavy atom. The molecule has 2 unspecified atom stereocenters. The highest BCUT2D eigenvalue weighted by molar-refractivity contribution is 14.1. The highest BCUT2D eigenvalue weighted by Gasteiger charge is 2.33. The van der Waals surface area contributed by atoms with Gasteiger partial charge in [0.25, 0.3) is 0 Å². The number of carboxylic acid groups (broad SMARTS) is 1. The number of aliphatic carboxylic acids is 1. The van der Waals surface area contributed by atoms with E-state index in [1.165, 1.54) is 21.1 Å². The van der Waals surface area contributed by atoms with Crippen LogP contribution in [0.15, 0.2) is 18.2 Å². The van der Waals surface area contributed by atoms with E-state index < -0.39 is 35.7 Å². The van der Waals surface area contributed by atoms with Crippen molar-refractivity contribution >= 4 is 40.6 Å². The zero-order valence-corrected chi connectivity index (χ0v) is 18.4. The van der Waals surface area contributed by atoms with Crippen molar-refractivity contribution in [3.63, 3.8) is 0 Å². The molecule has 0 saturated carbocycles. The average Bonchev–Trinajstić information content (AvgIpc) is 2.53. The number of ether oxygens (including phenoxy) is 2.